The van der Waals surface area contributed by atoms with Crippen molar-refractivity contribution in [2.24, 2.45) is 0 Å². The summed E-state index contributed by atoms with van der Waals surface area (Å²) in [7, 11) is 0. The maximum Gasteiger partial charge on any atom is 0.408 e. The van der Waals surface area contributed by atoms with Gasteiger partial charge in [0.25, 0.3) is 11.5 Å². The maximum atomic E-state index is 15.4. The number of piperazine rings is 1. The predicted octanol–water partition coefficient (Wildman–Crippen LogP) is 5.27. The molecule has 17 nitrogen and oxygen atoms in total. The van der Waals surface area contributed by atoms with Crippen LogP contribution in [0.15, 0.2) is 58.1 Å². The summed E-state index contributed by atoms with van der Waals surface area (Å²) in [5, 5.41) is 30.9. The van der Waals surface area contributed by atoms with E-state index in [2.05, 4.69) is 20.4 Å². The average Bonchev–Trinajstić information content (AvgIpc) is 3.94. The molecule has 3 aromatic heterocycles. The van der Waals surface area contributed by atoms with Crippen molar-refractivity contribution in [3.63, 3.8) is 0 Å². The molecule has 6 aromatic rings. The molecule has 2 bridgehead atoms. The van der Waals surface area contributed by atoms with E-state index in [9.17, 15) is 34.2 Å². The molecule has 0 saturated carbocycles. The predicted molar refractivity (Wildman–Crippen MR) is 240 cm³/mol. The molecular formula is C49H47FN8O9. The Morgan fingerprint density at radius 3 is 2.48 bits per heavy atom. The molecule has 4 atom stereocenters. The summed E-state index contributed by atoms with van der Waals surface area (Å²) in [4.78, 5) is 75.9. The van der Waals surface area contributed by atoms with Gasteiger partial charge in [0.15, 0.2) is 12.4 Å². The minimum atomic E-state index is -0.770. The highest BCUT2D eigenvalue weighted by Crippen LogP contribution is 2.46. The SMILES string of the molecule is CCC1C(=O)OCc2c1cc1n(c2=O)Cc2c-1nc1cc(F)c(C)c3c1c2C(NC(=O)OCC(=O)N1CC2CCC(C1)N2Cc1ccc(-n2c(-c4cc(C)c(O)cc4O)n[nH]c2=O)cc1)CC3. The maximum absolute atomic E-state index is 15.4. The molecule has 344 valence electrons. The van der Waals surface area contributed by atoms with E-state index in [0.29, 0.717) is 89.3 Å². The topological polar surface area (TPSA) is 214 Å². The molecule has 18 heteroatoms. The van der Waals surface area contributed by atoms with Crippen LogP contribution in [0.3, 0.4) is 0 Å². The van der Waals surface area contributed by atoms with Crippen LogP contribution in [0.2, 0.25) is 0 Å². The van der Waals surface area contributed by atoms with E-state index in [0.717, 1.165) is 40.5 Å². The number of fused-ring (bicyclic) bond motifs is 7. The first kappa shape index (κ1) is 42.3. The van der Waals surface area contributed by atoms with Gasteiger partial charge in [-0.05, 0) is 104 Å². The highest BCUT2D eigenvalue weighted by atomic mass is 19.1. The number of phenols is 2. The van der Waals surface area contributed by atoms with Gasteiger partial charge in [-0.15, -0.1) is 0 Å². The van der Waals surface area contributed by atoms with Gasteiger partial charge in [0.1, 0.15) is 23.9 Å². The van der Waals surface area contributed by atoms with Crippen LogP contribution < -0.4 is 16.6 Å². The lowest BCUT2D eigenvalue weighted by Gasteiger charge is -2.41. The van der Waals surface area contributed by atoms with Crippen molar-refractivity contribution in [2.75, 3.05) is 19.7 Å². The van der Waals surface area contributed by atoms with Gasteiger partial charge in [-0.3, -0.25) is 19.3 Å². The number of aromatic hydroxyl groups is 2. The summed E-state index contributed by atoms with van der Waals surface area (Å²) >= 11 is 0. The Morgan fingerprint density at radius 1 is 0.970 bits per heavy atom. The second-order valence-corrected chi connectivity index (χ2v) is 18.3. The number of rotatable bonds is 8. The number of amides is 2. The van der Waals surface area contributed by atoms with Crippen LogP contribution in [-0.2, 0) is 45.2 Å². The van der Waals surface area contributed by atoms with Crippen molar-refractivity contribution in [3.05, 3.63) is 120 Å². The molecule has 67 heavy (non-hydrogen) atoms. The largest absolute Gasteiger partial charge is 0.508 e. The Hall–Kier alpha value is -7.34. The fourth-order valence-electron chi connectivity index (χ4n) is 11.1. The van der Waals surface area contributed by atoms with Gasteiger partial charge < -0.3 is 34.5 Å². The summed E-state index contributed by atoms with van der Waals surface area (Å²) in [5.41, 5.74) is 6.85. The molecule has 3 aromatic carbocycles. The number of aryl methyl sites for hydroxylation is 2. The number of esters is 1. The molecule has 0 radical (unpaired) electrons. The summed E-state index contributed by atoms with van der Waals surface area (Å²) in [5.74, 6) is -1.75. The van der Waals surface area contributed by atoms with Gasteiger partial charge >= 0.3 is 17.8 Å². The fourth-order valence-corrected chi connectivity index (χ4v) is 11.1. The van der Waals surface area contributed by atoms with Gasteiger partial charge in [-0.1, -0.05) is 19.1 Å². The quantitative estimate of drug-likeness (QED) is 0.144. The average molecular weight is 911 g/mol. The number of carbonyl (C=O) groups excluding carboxylic acids is 3. The van der Waals surface area contributed by atoms with Crippen LogP contribution in [0.4, 0.5) is 9.18 Å². The number of halogens is 1. The molecule has 4 aliphatic heterocycles. The van der Waals surface area contributed by atoms with E-state index in [1.165, 1.54) is 16.7 Å². The number of nitrogens with one attached hydrogen (secondary N) is 2. The smallest absolute Gasteiger partial charge is 0.408 e. The molecule has 2 saturated heterocycles. The standard InChI is InChI=1S/C49H47FN8O9/c1-4-29-31-14-38-44-33(20-57(38)46(62)34(31)21-66-47(29)63)43-36(12-11-30-24(3)35(50)15-37(51-44)42(30)43)52-49(65)67-22-41(61)55-18-27-9-10-28(19-55)56(27)17-25-5-7-26(8-6-25)58-45(53-54-48(58)64)32-13-23(2)39(59)16-40(32)60/h5-8,13-16,27-29,36,59-60H,4,9-12,17-22H2,1-3H3,(H,52,65)(H,54,64). The number of pyridine rings is 2. The number of carbonyl (C=O) groups is 3. The lowest BCUT2D eigenvalue weighted by atomic mass is 9.81. The van der Waals surface area contributed by atoms with E-state index < -0.39 is 36.2 Å². The van der Waals surface area contributed by atoms with Crippen molar-refractivity contribution in [1.82, 2.24) is 39.4 Å². The van der Waals surface area contributed by atoms with Crippen molar-refractivity contribution >= 4 is 28.9 Å². The van der Waals surface area contributed by atoms with Gasteiger partial charge in [0, 0.05) is 54.8 Å². The van der Waals surface area contributed by atoms with Crippen molar-refractivity contribution in [3.8, 4) is 40.0 Å². The Bertz CT molecular complexity index is 3220. The minimum absolute atomic E-state index is 0.0703. The Labute approximate surface area is 381 Å². The van der Waals surface area contributed by atoms with E-state index in [4.69, 9.17) is 14.5 Å². The molecule has 7 heterocycles. The number of hydrogen-bond acceptors (Lipinski definition) is 12. The number of phenolic OH excluding ortho intramolecular Hbond substituents is 2. The number of cyclic esters (lactones) is 1. The first-order valence-electron chi connectivity index (χ1n) is 22.6. The lowest BCUT2D eigenvalue weighted by Crippen LogP contribution is -2.55. The monoisotopic (exact) mass is 910 g/mol. The number of hydrogen-bond donors (Lipinski definition) is 4. The number of likely N-dealkylation sites (tertiary alicyclic amines) is 1. The third-order valence-electron chi connectivity index (χ3n) is 14.6. The zero-order valence-electron chi connectivity index (χ0n) is 37.0. The number of alkyl carbamates (subject to hydrolysis) is 1. The molecule has 2 fully saturated rings. The highest BCUT2D eigenvalue weighted by molar-refractivity contribution is 5.93. The lowest BCUT2D eigenvalue weighted by molar-refractivity contribution is -0.148. The van der Waals surface area contributed by atoms with Crippen LogP contribution in [0.5, 0.6) is 11.5 Å². The Morgan fingerprint density at radius 2 is 1.73 bits per heavy atom. The van der Waals surface area contributed by atoms with Gasteiger partial charge in [0.05, 0.1) is 52.2 Å². The Balaban J connectivity index is 0.767. The molecule has 4 N–H and O–H groups in total. The number of H-pyrrole nitrogens is 1. The van der Waals surface area contributed by atoms with E-state index in [1.807, 2.05) is 37.3 Å². The van der Waals surface area contributed by atoms with Gasteiger partial charge in [-0.2, -0.15) is 5.10 Å². The van der Waals surface area contributed by atoms with Crippen LogP contribution in [0.1, 0.15) is 89.1 Å². The third kappa shape index (κ3) is 6.86. The molecule has 1 aliphatic carbocycles. The zero-order chi connectivity index (χ0) is 46.6. The summed E-state index contributed by atoms with van der Waals surface area (Å²) in [6.45, 7) is 6.45. The zero-order valence-corrected chi connectivity index (χ0v) is 37.0. The van der Waals surface area contributed by atoms with Crippen LogP contribution in [0.25, 0.3) is 39.4 Å². The summed E-state index contributed by atoms with van der Waals surface area (Å²) < 4.78 is 29.4. The van der Waals surface area contributed by atoms with Gasteiger partial charge in [0.2, 0.25) is 0 Å². The number of aromatic nitrogens is 5. The number of benzene rings is 3. The summed E-state index contributed by atoms with van der Waals surface area (Å²) in [6, 6.07) is 13.1. The second-order valence-electron chi connectivity index (χ2n) is 18.3. The van der Waals surface area contributed by atoms with Crippen molar-refractivity contribution in [2.45, 2.75) is 96.6 Å². The van der Waals surface area contributed by atoms with Crippen LogP contribution in [0, 0.1) is 19.7 Å². The van der Waals surface area contributed by atoms with E-state index >= 15 is 4.39 Å². The van der Waals surface area contributed by atoms with E-state index in [-0.39, 0.29) is 60.0 Å². The number of ether oxygens (including phenoxy) is 2. The molecule has 2 amide bonds. The highest BCUT2D eigenvalue weighted by Gasteiger charge is 2.42. The first-order chi connectivity index (χ1) is 32.3. The number of nitrogens with zero attached hydrogens (tertiary/aromatic N) is 6. The minimum Gasteiger partial charge on any atom is -0.508 e. The molecule has 0 spiro atoms. The third-order valence-corrected chi connectivity index (χ3v) is 14.6. The normalized spacial score (nSPS) is 20.4. The Kier molecular flexibility index (Phi) is 10.1. The second kappa shape index (κ2) is 15.9. The number of aromatic amines is 1. The molecule has 5 aliphatic rings. The molecule has 4 unspecified atom stereocenters. The molecule has 11 rings (SSSR count). The van der Waals surface area contributed by atoms with Crippen molar-refractivity contribution in [1.29, 1.82) is 0 Å². The van der Waals surface area contributed by atoms with Crippen LogP contribution >= 0.6 is 0 Å². The van der Waals surface area contributed by atoms with E-state index in [1.54, 1.807) is 29.4 Å². The van der Waals surface area contributed by atoms with Crippen LogP contribution in [-0.4, -0.2) is 94.1 Å². The fraction of sp³-hybridized carbons (Fsp3) is 0.367. The molecular weight excluding hydrogens is 864 g/mol. The first-order valence-corrected chi connectivity index (χ1v) is 22.6. The summed E-state index contributed by atoms with van der Waals surface area (Å²) in [6.07, 6.45) is 2.38. The van der Waals surface area contributed by atoms with Gasteiger partial charge in [-0.25, -0.2) is 28.6 Å². The van der Waals surface area contributed by atoms with Crippen molar-refractivity contribution < 1.29 is 38.5 Å².